The summed E-state index contributed by atoms with van der Waals surface area (Å²) in [4.78, 5) is 39.8. The molecule has 8 heteroatoms. The van der Waals surface area contributed by atoms with Crippen LogP contribution in [0.15, 0.2) is 42.6 Å². The molecule has 0 radical (unpaired) electrons. The number of amides is 2. The van der Waals surface area contributed by atoms with E-state index < -0.39 is 0 Å². The van der Waals surface area contributed by atoms with Crippen LogP contribution in [0.4, 0.5) is 5.95 Å². The van der Waals surface area contributed by atoms with Crippen LogP contribution in [0, 0.1) is 13.8 Å². The minimum atomic E-state index is -0.211. The lowest BCUT2D eigenvalue weighted by Crippen LogP contribution is -2.34. The molecule has 200 valence electrons. The highest BCUT2D eigenvalue weighted by atomic mass is 16.2. The van der Waals surface area contributed by atoms with Crippen LogP contribution in [0.1, 0.15) is 72.2 Å². The number of hydrogen-bond donors (Lipinski definition) is 1. The molecule has 8 nitrogen and oxygen atoms in total. The number of pyridine rings is 1. The summed E-state index contributed by atoms with van der Waals surface area (Å²) in [6.45, 7) is 10.4. The van der Waals surface area contributed by atoms with Gasteiger partial charge in [-0.25, -0.2) is 4.98 Å². The highest BCUT2D eigenvalue weighted by Gasteiger charge is 2.28. The number of rotatable bonds is 6. The SMILES string of the molecule is C/C=C/C(=O)N1CCCCC(n2c(NC(=O)c3ccnc(C)c3)nc3cc(CN4CCCC4)cc(C)c32)C1. The number of benzene rings is 1. The van der Waals surface area contributed by atoms with Crippen LogP contribution in [0.25, 0.3) is 11.0 Å². The number of likely N-dealkylation sites (tertiary alicyclic amines) is 2. The van der Waals surface area contributed by atoms with Crippen molar-refractivity contribution >= 4 is 28.8 Å². The van der Waals surface area contributed by atoms with Crippen LogP contribution in [-0.2, 0) is 11.3 Å². The van der Waals surface area contributed by atoms with Gasteiger partial charge < -0.3 is 9.47 Å². The molecule has 1 aromatic carbocycles. The third kappa shape index (κ3) is 5.65. The Kier molecular flexibility index (Phi) is 7.88. The first-order valence-electron chi connectivity index (χ1n) is 13.8. The predicted molar refractivity (Wildman–Crippen MR) is 150 cm³/mol. The average molecular weight is 515 g/mol. The van der Waals surface area contributed by atoms with E-state index in [1.165, 1.54) is 18.4 Å². The quantitative estimate of drug-likeness (QED) is 0.467. The summed E-state index contributed by atoms with van der Waals surface area (Å²) >= 11 is 0. The molecule has 0 spiro atoms. The van der Waals surface area contributed by atoms with Crippen molar-refractivity contribution in [3.05, 3.63) is 65.0 Å². The number of carbonyl (C=O) groups excluding carboxylic acids is 2. The number of anilines is 1. The fourth-order valence-corrected chi connectivity index (χ4v) is 5.88. The molecule has 2 aromatic heterocycles. The Morgan fingerprint density at radius 1 is 1.08 bits per heavy atom. The van der Waals surface area contributed by atoms with E-state index in [1.54, 1.807) is 30.5 Å². The Morgan fingerprint density at radius 3 is 2.63 bits per heavy atom. The minimum absolute atomic E-state index is 0.00862. The van der Waals surface area contributed by atoms with Crippen molar-refractivity contribution in [1.29, 1.82) is 0 Å². The molecule has 2 aliphatic rings. The van der Waals surface area contributed by atoms with Crippen LogP contribution in [0.2, 0.25) is 0 Å². The number of nitrogens with one attached hydrogen (secondary N) is 1. The van der Waals surface area contributed by atoms with Gasteiger partial charge in [-0.1, -0.05) is 12.1 Å². The largest absolute Gasteiger partial charge is 0.337 e. The Morgan fingerprint density at radius 2 is 1.87 bits per heavy atom. The lowest BCUT2D eigenvalue weighted by atomic mass is 10.1. The number of hydrogen-bond acceptors (Lipinski definition) is 5. The summed E-state index contributed by atoms with van der Waals surface area (Å²) in [5, 5.41) is 3.11. The zero-order valence-corrected chi connectivity index (χ0v) is 22.7. The monoisotopic (exact) mass is 514 g/mol. The summed E-state index contributed by atoms with van der Waals surface area (Å²) in [6, 6.07) is 7.94. The van der Waals surface area contributed by atoms with Crippen LogP contribution in [-0.4, -0.2) is 62.3 Å². The maximum Gasteiger partial charge on any atom is 0.258 e. The Labute approximate surface area is 224 Å². The van der Waals surface area contributed by atoms with Crippen molar-refractivity contribution < 1.29 is 9.59 Å². The van der Waals surface area contributed by atoms with E-state index in [9.17, 15) is 9.59 Å². The summed E-state index contributed by atoms with van der Waals surface area (Å²) in [5.41, 5.74) is 5.64. The van der Waals surface area contributed by atoms with Gasteiger partial charge in [0.25, 0.3) is 5.91 Å². The van der Waals surface area contributed by atoms with Gasteiger partial charge >= 0.3 is 0 Å². The third-order valence-corrected chi connectivity index (χ3v) is 7.66. The molecule has 5 rings (SSSR count). The highest BCUT2D eigenvalue weighted by Crippen LogP contribution is 2.33. The zero-order valence-electron chi connectivity index (χ0n) is 22.7. The lowest BCUT2D eigenvalue weighted by Gasteiger charge is -2.26. The van der Waals surface area contributed by atoms with Crippen molar-refractivity contribution in [1.82, 2.24) is 24.3 Å². The lowest BCUT2D eigenvalue weighted by molar-refractivity contribution is -0.126. The topological polar surface area (TPSA) is 83.4 Å². The molecule has 0 saturated carbocycles. The average Bonchev–Trinajstić information content (AvgIpc) is 3.45. The molecule has 2 saturated heterocycles. The van der Waals surface area contributed by atoms with Crippen molar-refractivity contribution in [3.63, 3.8) is 0 Å². The number of imidazole rings is 1. The van der Waals surface area contributed by atoms with Crippen LogP contribution < -0.4 is 5.32 Å². The molecule has 1 atom stereocenters. The molecule has 1 N–H and O–H groups in total. The summed E-state index contributed by atoms with van der Waals surface area (Å²) in [7, 11) is 0. The summed E-state index contributed by atoms with van der Waals surface area (Å²) < 4.78 is 2.18. The minimum Gasteiger partial charge on any atom is -0.337 e. The van der Waals surface area contributed by atoms with Gasteiger partial charge in [-0.2, -0.15) is 0 Å². The number of carbonyl (C=O) groups is 2. The Bertz CT molecular complexity index is 1350. The number of allylic oxidation sites excluding steroid dienone is 1. The fraction of sp³-hybridized carbons (Fsp3) is 0.467. The molecule has 38 heavy (non-hydrogen) atoms. The molecule has 1 unspecified atom stereocenters. The van der Waals surface area contributed by atoms with Crippen LogP contribution in [0.3, 0.4) is 0 Å². The molecule has 0 bridgehead atoms. The second-order valence-electron chi connectivity index (χ2n) is 10.6. The first-order valence-corrected chi connectivity index (χ1v) is 13.8. The number of aryl methyl sites for hydroxylation is 2. The maximum absolute atomic E-state index is 13.3. The van der Waals surface area contributed by atoms with E-state index in [4.69, 9.17) is 4.98 Å². The van der Waals surface area contributed by atoms with Gasteiger partial charge in [0.1, 0.15) is 0 Å². The molecule has 2 aliphatic heterocycles. The van der Waals surface area contributed by atoms with Gasteiger partial charge in [0.15, 0.2) is 0 Å². The van der Waals surface area contributed by atoms with Gasteiger partial charge in [0.05, 0.1) is 17.1 Å². The van der Waals surface area contributed by atoms with Crippen LogP contribution >= 0.6 is 0 Å². The van der Waals surface area contributed by atoms with E-state index in [-0.39, 0.29) is 17.9 Å². The molecule has 2 amide bonds. The standard InChI is InChI=1S/C30H38N6O2/c1-4-9-27(37)35-15-6-5-10-25(20-35)36-28-21(2)16-23(19-34-13-7-8-14-34)18-26(28)32-30(36)33-29(38)24-11-12-31-22(3)17-24/h4,9,11-12,16-18,25H,5-8,10,13-15,19-20H2,1-3H3,(H,32,33,38)/b9-4+. The van der Waals surface area contributed by atoms with Crippen molar-refractivity contribution in [2.75, 3.05) is 31.5 Å². The van der Waals surface area contributed by atoms with Gasteiger partial charge in [0, 0.05) is 37.1 Å². The maximum atomic E-state index is 13.3. The van der Waals surface area contributed by atoms with Gasteiger partial charge in [-0.3, -0.25) is 24.8 Å². The predicted octanol–water partition coefficient (Wildman–Crippen LogP) is 5.03. The van der Waals surface area contributed by atoms with E-state index in [2.05, 4.69) is 38.8 Å². The molecule has 2 fully saturated rings. The smallest absolute Gasteiger partial charge is 0.258 e. The number of fused-ring (bicyclic) bond motifs is 1. The molecule has 0 aliphatic carbocycles. The second-order valence-corrected chi connectivity index (χ2v) is 10.6. The van der Waals surface area contributed by atoms with E-state index >= 15 is 0 Å². The first-order chi connectivity index (χ1) is 18.4. The number of aromatic nitrogens is 3. The Balaban J connectivity index is 1.55. The molecule has 3 aromatic rings. The zero-order chi connectivity index (χ0) is 26.6. The normalized spacial score (nSPS) is 18.8. The number of nitrogens with zero attached hydrogens (tertiary/aromatic N) is 5. The second kappa shape index (κ2) is 11.5. The van der Waals surface area contributed by atoms with Crippen LogP contribution in [0.5, 0.6) is 0 Å². The molecule has 4 heterocycles. The van der Waals surface area contributed by atoms with E-state index in [0.29, 0.717) is 18.1 Å². The summed E-state index contributed by atoms with van der Waals surface area (Å²) in [6.07, 6.45) is 10.5. The van der Waals surface area contributed by atoms with Gasteiger partial charge in [0.2, 0.25) is 11.9 Å². The Hall–Kier alpha value is -3.52. The van der Waals surface area contributed by atoms with E-state index in [0.717, 1.165) is 67.7 Å². The van der Waals surface area contributed by atoms with Gasteiger partial charge in [-0.15, -0.1) is 0 Å². The first kappa shape index (κ1) is 26.1. The van der Waals surface area contributed by atoms with Crippen molar-refractivity contribution in [2.24, 2.45) is 0 Å². The highest BCUT2D eigenvalue weighted by molar-refractivity contribution is 6.04. The van der Waals surface area contributed by atoms with E-state index in [1.807, 2.05) is 18.7 Å². The van der Waals surface area contributed by atoms with Crippen molar-refractivity contribution in [2.45, 2.75) is 65.5 Å². The molecular weight excluding hydrogens is 476 g/mol. The molecular formula is C30H38N6O2. The third-order valence-electron chi connectivity index (χ3n) is 7.66. The fourth-order valence-electron chi connectivity index (χ4n) is 5.88. The van der Waals surface area contributed by atoms with Gasteiger partial charge in [-0.05, 0) is 101 Å². The van der Waals surface area contributed by atoms with Crippen molar-refractivity contribution in [3.8, 4) is 0 Å². The summed E-state index contributed by atoms with van der Waals surface area (Å²) in [5.74, 6) is 0.356.